The smallest absolute Gasteiger partial charge is 0.246 e. The molecule has 1 N–H and O–H groups in total. The van der Waals surface area contributed by atoms with Crippen molar-refractivity contribution in [1.29, 1.82) is 0 Å². The fraction of sp³-hybridized carbons (Fsp3) is 0.467. The summed E-state index contributed by atoms with van der Waals surface area (Å²) in [5, 5.41) is 2.73. The van der Waals surface area contributed by atoms with Crippen molar-refractivity contribution in [2.45, 2.75) is 19.9 Å². The first-order chi connectivity index (χ1) is 9.97. The summed E-state index contributed by atoms with van der Waals surface area (Å²) in [6.07, 6.45) is 0. The van der Waals surface area contributed by atoms with E-state index in [0.29, 0.717) is 13.2 Å². The lowest BCUT2D eigenvalue weighted by atomic mass is 10.0. The van der Waals surface area contributed by atoms with Crippen LogP contribution in [0.5, 0.6) is 5.75 Å². The van der Waals surface area contributed by atoms with E-state index in [2.05, 4.69) is 21.2 Å². The van der Waals surface area contributed by atoms with Gasteiger partial charge in [-0.05, 0) is 30.2 Å². The monoisotopic (exact) mass is 354 g/mol. The Kier molecular flexibility index (Phi) is 5.22. The molecule has 0 bridgehead atoms. The normalized spacial score (nSPS) is 18.9. The number of nitrogens with zero attached hydrogens (tertiary/aromatic N) is 1. The molecule has 1 aliphatic rings. The summed E-state index contributed by atoms with van der Waals surface area (Å²) in [5.74, 6) is 0.671. The second-order valence-corrected chi connectivity index (χ2v) is 6.27. The molecule has 114 valence electrons. The zero-order valence-corrected chi connectivity index (χ0v) is 13.7. The van der Waals surface area contributed by atoms with E-state index >= 15 is 0 Å². The topological polar surface area (TPSA) is 58.6 Å². The molecule has 1 unspecified atom stereocenters. The van der Waals surface area contributed by atoms with Gasteiger partial charge in [-0.15, -0.1) is 0 Å². The quantitative estimate of drug-likeness (QED) is 0.877. The zero-order chi connectivity index (χ0) is 15.4. The SMILES string of the molecule is CC(C)C1NC(=O)CN(CCOc2ccc(Br)cc2)C1=O. The molecule has 1 aromatic rings. The van der Waals surface area contributed by atoms with E-state index in [1.807, 2.05) is 38.1 Å². The van der Waals surface area contributed by atoms with Gasteiger partial charge in [-0.1, -0.05) is 29.8 Å². The zero-order valence-electron chi connectivity index (χ0n) is 12.1. The Hall–Kier alpha value is -1.56. The van der Waals surface area contributed by atoms with Crippen LogP contribution in [-0.4, -0.2) is 42.5 Å². The van der Waals surface area contributed by atoms with Crippen LogP contribution in [0.2, 0.25) is 0 Å². The van der Waals surface area contributed by atoms with E-state index in [0.717, 1.165) is 10.2 Å². The molecule has 21 heavy (non-hydrogen) atoms. The molecule has 2 rings (SSSR count). The summed E-state index contributed by atoms with van der Waals surface area (Å²) < 4.78 is 6.58. The number of rotatable bonds is 5. The molecule has 2 amide bonds. The summed E-state index contributed by atoms with van der Waals surface area (Å²) in [5.41, 5.74) is 0. The van der Waals surface area contributed by atoms with Crippen molar-refractivity contribution in [2.75, 3.05) is 19.7 Å². The van der Waals surface area contributed by atoms with Crippen molar-refractivity contribution in [2.24, 2.45) is 5.92 Å². The molecule has 1 aliphatic heterocycles. The average molecular weight is 355 g/mol. The number of ether oxygens (including phenoxy) is 1. The second kappa shape index (κ2) is 6.93. The molecular formula is C15H19BrN2O3. The fourth-order valence-electron chi connectivity index (χ4n) is 2.17. The van der Waals surface area contributed by atoms with E-state index in [1.54, 1.807) is 4.90 Å². The van der Waals surface area contributed by atoms with Gasteiger partial charge in [-0.3, -0.25) is 9.59 Å². The summed E-state index contributed by atoms with van der Waals surface area (Å²) in [6.45, 7) is 4.72. The number of halogens is 1. The Bertz CT molecular complexity index is 516. The maximum Gasteiger partial charge on any atom is 0.246 e. The first kappa shape index (κ1) is 15.8. The van der Waals surface area contributed by atoms with Gasteiger partial charge in [0.15, 0.2) is 0 Å². The van der Waals surface area contributed by atoms with Gasteiger partial charge >= 0.3 is 0 Å². The lowest BCUT2D eigenvalue weighted by Crippen LogP contribution is -2.60. The number of nitrogens with one attached hydrogen (secondary N) is 1. The van der Waals surface area contributed by atoms with Crippen LogP contribution >= 0.6 is 15.9 Å². The largest absolute Gasteiger partial charge is 0.492 e. The van der Waals surface area contributed by atoms with E-state index < -0.39 is 6.04 Å². The third-order valence-corrected chi connectivity index (χ3v) is 3.87. The number of hydrogen-bond donors (Lipinski definition) is 1. The van der Waals surface area contributed by atoms with Gasteiger partial charge in [0.25, 0.3) is 0 Å². The lowest BCUT2D eigenvalue weighted by molar-refractivity contribution is -0.145. The van der Waals surface area contributed by atoms with Gasteiger partial charge < -0.3 is 15.0 Å². The van der Waals surface area contributed by atoms with E-state index in [9.17, 15) is 9.59 Å². The fourth-order valence-corrected chi connectivity index (χ4v) is 2.44. The van der Waals surface area contributed by atoms with Crippen molar-refractivity contribution >= 4 is 27.7 Å². The van der Waals surface area contributed by atoms with Crippen LogP contribution in [0.25, 0.3) is 0 Å². The maximum atomic E-state index is 12.2. The third kappa shape index (κ3) is 4.20. The Morgan fingerprint density at radius 2 is 2.00 bits per heavy atom. The van der Waals surface area contributed by atoms with Crippen LogP contribution in [-0.2, 0) is 9.59 Å². The highest BCUT2D eigenvalue weighted by Gasteiger charge is 2.34. The molecule has 0 saturated carbocycles. The number of benzene rings is 1. The van der Waals surface area contributed by atoms with Crippen molar-refractivity contribution in [3.05, 3.63) is 28.7 Å². The molecule has 5 nitrogen and oxygen atoms in total. The van der Waals surface area contributed by atoms with Gasteiger partial charge in [0.1, 0.15) is 18.4 Å². The van der Waals surface area contributed by atoms with E-state index in [4.69, 9.17) is 4.74 Å². The minimum atomic E-state index is -0.432. The number of hydrogen-bond acceptors (Lipinski definition) is 3. The predicted octanol–water partition coefficient (Wildman–Crippen LogP) is 1.81. The molecule has 0 aromatic heterocycles. The Labute approximate surface area is 132 Å². The molecule has 1 heterocycles. The van der Waals surface area contributed by atoms with Gasteiger partial charge in [0, 0.05) is 4.47 Å². The van der Waals surface area contributed by atoms with Crippen LogP contribution in [0, 0.1) is 5.92 Å². The summed E-state index contributed by atoms with van der Waals surface area (Å²) >= 11 is 3.36. The molecule has 1 atom stereocenters. The van der Waals surface area contributed by atoms with Gasteiger partial charge in [0.05, 0.1) is 13.1 Å². The third-order valence-electron chi connectivity index (χ3n) is 3.34. The minimum absolute atomic E-state index is 0.0380. The highest BCUT2D eigenvalue weighted by atomic mass is 79.9. The van der Waals surface area contributed by atoms with Crippen LogP contribution in [0.4, 0.5) is 0 Å². The van der Waals surface area contributed by atoms with Crippen molar-refractivity contribution in [1.82, 2.24) is 10.2 Å². The average Bonchev–Trinajstić information content (AvgIpc) is 2.44. The van der Waals surface area contributed by atoms with Crippen molar-refractivity contribution in [3.8, 4) is 5.75 Å². The summed E-state index contributed by atoms with van der Waals surface area (Å²) in [4.78, 5) is 25.5. The molecule has 1 fully saturated rings. The van der Waals surface area contributed by atoms with E-state index in [1.165, 1.54) is 0 Å². The second-order valence-electron chi connectivity index (χ2n) is 5.35. The molecule has 0 spiro atoms. The Morgan fingerprint density at radius 3 is 2.62 bits per heavy atom. The van der Waals surface area contributed by atoms with Crippen LogP contribution < -0.4 is 10.1 Å². The Morgan fingerprint density at radius 1 is 1.33 bits per heavy atom. The lowest BCUT2D eigenvalue weighted by Gasteiger charge is -2.34. The standard InChI is InChI=1S/C15H19BrN2O3/c1-10(2)14-15(20)18(9-13(19)17-14)7-8-21-12-5-3-11(16)4-6-12/h3-6,10,14H,7-9H2,1-2H3,(H,17,19). The molecule has 1 saturated heterocycles. The van der Waals surface area contributed by atoms with Gasteiger partial charge in [-0.2, -0.15) is 0 Å². The Balaban J connectivity index is 1.88. The van der Waals surface area contributed by atoms with Crippen LogP contribution in [0.3, 0.4) is 0 Å². The number of piperazine rings is 1. The molecule has 1 aromatic carbocycles. The first-order valence-electron chi connectivity index (χ1n) is 6.94. The first-order valence-corrected chi connectivity index (χ1v) is 7.73. The molecule has 0 aliphatic carbocycles. The predicted molar refractivity (Wildman–Crippen MR) is 83.0 cm³/mol. The molecular weight excluding hydrogens is 336 g/mol. The van der Waals surface area contributed by atoms with E-state index in [-0.39, 0.29) is 24.3 Å². The van der Waals surface area contributed by atoms with Gasteiger partial charge in [-0.25, -0.2) is 0 Å². The van der Waals surface area contributed by atoms with Crippen molar-refractivity contribution in [3.63, 3.8) is 0 Å². The highest BCUT2D eigenvalue weighted by Crippen LogP contribution is 2.16. The number of carbonyl (C=O) groups excluding carboxylic acids is 2. The molecule has 6 heteroatoms. The van der Waals surface area contributed by atoms with Gasteiger partial charge in [0.2, 0.25) is 11.8 Å². The summed E-state index contributed by atoms with van der Waals surface area (Å²) in [7, 11) is 0. The summed E-state index contributed by atoms with van der Waals surface area (Å²) in [6, 6.07) is 7.06. The minimum Gasteiger partial charge on any atom is -0.492 e. The van der Waals surface area contributed by atoms with Crippen molar-refractivity contribution < 1.29 is 14.3 Å². The maximum absolute atomic E-state index is 12.2. The van der Waals surface area contributed by atoms with Crippen LogP contribution in [0.1, 0.15) is 13.8 Å². The van der Waals surface area contributed by atoms with Crippen LogP contribution in [0.15, 0.2) is 28.7 Å². The number of amides is 2. The molecule has 0 radical (unpaired) electrons. The highest BCUT2D eigenvalue weighted by molar-refractivity contribution is 9.10. The number of carbonyl (C=O) groups is 2.